The lowest BCUT2D eigenvalue weighted by Gasteiger charge is -2.03. The highest BCUT2D eigenvalue weighted by Gasteiger charge is 2.23. The van der Waals surface area contributed by atoms with Crippen molar-refractivity contribution >= 4 is 11.8 Å². The van der Waals surface area contributed by atoms with Crippen LogP contribution in [-0.4, -0.2) is 27.9 Å². The van der Waals surface area contributed by atoms with E-state index >= 15 is 0 Å². The minimum atomic E-state index is -1.53. The molecular weight excluding hydrogens is 172 g/mol. The van der Waals surface area contributed by atoms with Crippen molar-refractivity contribution in [3.05, 3.63) is 30.1 Å². The molecule has 0 saturated heterocycles. The van der Waals surface area contributed by atoms with E-state index < -0.39 is 17.8 Å². The van der Waals surface area contributed by atoms with Crippen molar-refractivity contribution in [1.82, 2.24) is 4.98 Å². The van der Waals surface area contributed by atoms with Crippen molar-refractivity contribution in [3.8, 4) is 0 Å². The SMILES string of the molecule is NC(C(=O)O)C(=O)c1ccccn1. The Morgan fingerprint density at radius 1 is 1.46 bits per heavy atom. The normalized spacial score (nSPS) is 12.1. The fraction of sp³-hybridized carbons (Fsp3) is 0.125. The summed E-state index contributed by atoms with van der Waals surface area (Å²) in [5.41, 5.74) is 5.17. The third-order valence-electron chi connectivity index (χ3n) is 1.47. The maximum absolute atomic E-state index is 11.2. The number of aromatic nitrogens is 1. The first-order chi connectivity index (χ1) is 6.13. The van der Waals surface area contributed by atoms with Gasteiger partial charge in [0.25, 0.3) is 0 Å². The number of Topliss-reactive ketones (excluding diaryl/α,β-unsaturated/α-hetero) is 1. The lowest BCUT2D eigenvalue weighted by Crippen LogP contribution is -2.38. The summed E-state index contributed by atoms with van der Waals surface area (Å²) in [6.07, 6.45) is 1.40. The van der Waals surface area contributed by atoms with Crippen LogP contribution in [0.2, 0.25) is 0 Å². The molecule has 0 aromatic carbocycles. The van der Waals surface area contributed by atoms with Gasteiger partial charge in [-0.05, 0) is 12.1 Å². The molecule has 68 valence electrons. The van der Waals surface area contributed by atoms with Crippen LogP contribution in [0.1, 0.15) is 10.5 Å². The second kappa shape index (κ2) is 3.77. The van der Waals surface area contributed by atoms with E-state index in [2.05, 4.69) is 4.98 Å². The third kappa shape index (κ3) is 2.09. The Morgan fingerprint density at radius 2 is 2.15 bits per heavy atom. The average molecular weight is 180 g/mol. The Kier molecular flexibility index (Phi) is 2.71. The Balaban J connectivity index is 2.86. The number of carboxylic acid groups (broad SMARTS) is 1. The van der Waals surface area contributed by atoms with E-state index in [-0.39, 0.29) is 5.69 Å². The zero-order valence-electron chi connectivity index (χ0n) is 6.68. The molecule has 1 aromatic heterocycles. The monoisotopic (exact) mass is 180 g/mol. The van der Waals surface area contributed by atoms with Crippen molar-refractivity contribution in [1.29, 1.82) is 0 Å². The highest BCUT2D eigenvalue weighted by molar-refractivity contribution is 6.10. The molecule has 1 aromatic rings. The van der Waals surface area contributed by atoms with Gasteiger partial charge < -0.3 is 10.8 Å². The fourth-order valence-corrected chi connectivity index (χ4v) is 0.780. The van der Waals surface area contributed by atoms with E-state index in [9.17, 15) is 9.59 Å². The second-order valence-electron chi connectivity index (χ2n) is 2.40. The number of pyridine rings is 1. The first kappa shape index (κ1) is 9.34. The smallest absolute Gasteiger partial charge is 0.328 e. The molecule has 0 aliphatic heterocycles. The van der Waals surface area contributed by atoms with Crippen LogP contribution in [0, 0.1) is 0 Å². The molecule has 1 rings (SSSR count). The predicted molar refractivity (Wildman–Crippen MR) is 44.2 cm³/mol. The van der Waals surface area contributed by atoms with Gasteiger partial charge in [-0.15, -0.1) is 0 Å². The lowest BCUT2D eigenvalue weighted by molar-refractivity contribution is -0.137. The zero-order chi connectivity index (χ0) is 9.84. The number of hydrogen-bond donors (Lipinski definition) is 2. The molecule has 0 amide bonds. The Labute approximate surface area is 74.2 Å². The Bertz CT molecular complexity index is 323. The average Bonchev–Trinajstić information content (AvgIpc) is 2.17. The number of ketones is 1. The van der Waals surface area contributed by atoms with Crippen molar-refractivity contribution in [2.75, 3.05) is 0 Å². The second-order valence-corrected chi connectivity index (χ2v) is 2.40. The Hall–Kier alpha value is -1.75. The van der Waals surface area contributed by atoms with E-state index in [1.807, 2.05) is 0 Å². The molecule has 0 spiro atoms. The van der Waals surface area contributed by atoms with Crippen LogP contribution in [0.3, 0.4) is 0 Å². The number of nitrogens with two attached hydrogens (primary N) is 1. The summed E-state index contributed by atoms with van der Waals surface area (Å²) < 4.78 is 0. The van der Waals surface area contributed by atoms with Crippen LogP contribution in [0.5, 0.6) is 0 Å². The molecule has 0 radical (unpaired) electrons. The van der Waals surface area contributed by atoms with Gasteiger partial charge in [-0.3, -0.25) is 14.6 Å². The van der Waals surface area contributed by atoms with Gasteiger partial charge >= 0.3 is 5.97 Å². The van der Waals surface area contributed by atoms with Gasteiger partial charge in [0.1, 0.15) is 5.69 Å². The molecule has 1 heterocycles. The first-order valence-corrected chi connectivity index (χ1v) is 3.56. The fourth-order valence-electron chi connectivity index (χ4n) is 0.780. The van der Waals surface area contributed by atoms with Gasteiger partial charge in [0.15, 0.2) is 6.04 Å². The van der Waals surface area contributed by atoms with Crippen molar-refractivity contribution in [2.45, 2.75) is 6.04 Å². The van der Waals surface area contributed by atoms with Crippen LogP contribution in [0.4, 0.5) is 0 Å². The number of carbonyl (C=O) groups excluding carboxylic acids is 1. The minimum Gasteiger partial charge on any atom is -0.480 e. The lowest BCUT2D eigenvalue weighted by atomic mass is 10.1. The molecule has 13 heavy (non-hydrogen) atoms. The summed E-state index contributed by atoms with van der Waals surface area (Å²) in [6.45, 7) is 0. The topological polar surface area (TPSA) is 93.3 Å². The van der Waals surface area contributed by atoms with Crippen molar-refractivity contribution in [2.24, 2.45) is 5.73 Å². The van der Waals surface area contributed by atoms with Gasteiger partial charge in [0.2, 0.25) is 5.78 Å². The summed E-state index contributed by atoms with van der Waals surface area (Å²) in [5.74, 6) is -2.04. The molecule has 5 heteroatoms. The molecule has 3 N–H and O–H groups in total. The summed E-state index contributed by atoms with van der Waals surface area (Å²) in [4.78, 5) is 25.2. The molecule has 0 aliphatic carbocycles. The van der Waals surface area contributed by atoms with E-state index in [1.54, 1.807) is 12.1 Å². The molecule has 1 atom stereocenters. The van der Waals surface area contributed by atoms with E-state index in [0.717, 1.165) is 0 Å². The highest BCUT2D eigenvalue weighted by atomic mass is 16.4. The van der Waals surface area contributed by atoms with Crippen LogP contribution in [0.15, 0.2) is 24.4 Å². The van der Waals surface area contributed by atoms with Gasteiger partial charge in [-0.1, -0.05) is 6.07 Å². The summed E-state index contributed by atoms with van der Waals surface area (Å²) >= 11 is 0. The Morgan fingerprint density at radius 3 is 2.62 bits per heavy atom. The third-order valence-corrected chi connectivity index (χ3v) is 1.47. The number of nitrogens with zero attached hydrogens (tertiary/aromatic N) is 1. The van der Waals surface area contributed by atoms with Gasteiger partial charge in [0, 0.05) is 6.20 Å². The number of hydrogen-bond acceptors (Lipinski definition) is 4. The standard InChI is InChI=1S/C8H8N2O3/c9-6(8(12)13)7(11)5-3-1-2-4-10-5/h1-4,6H,9H2,(H,12,13). The summed E-state index contributed by atoms with van der Waals surface area (Å²) in [7, 11) is 0. The van der Waals surface area contributed by atoms with Crippen molar-refractivity contribution in [3.63, 3.8) is 0 Å². The van der Waals surface area contributed by atoms with Crippen LogP contribution in [0.25, 0.3) is 0 Å². The largest absolute Gasteiger partial charge is 0.480 e. The van der Waals surface area contributed by atoms with Crippen LogP contribution in [-0.2, 0) is 4.79 Å². The van der Waals surface area contributed by atoms with E-state index in [4.69, 9.17) is 10.8 Å². The molecular formula is C8H8N2O3. The molecule has 0 aliphatic rings. The quantitative estimate of drug-likeness (QED) is 0.491. The maximum Gasteiger partial charge on any atom is 0.328 e. The number of carboxylic acids is 1. The van der Waals surface area contributed by atoms with Crippen LogP contribution < -0.4 is 5.73 Å². The van der Waals surface area contributed by atoms with Gasteiger partial charge in [-0.25, -0.2) is 0 Å². The number of carbonyl (C=O) groups is 2. The van der Waals surface area contributed by atoms with E-state index in [0.29, 0.717) is 0 Å². The zero-order valence-corrected chi connectivity index (χ0v) is 6.68. The molecule has 0 bridgehead atoms. The molecule has 1 unspecified atom stereocenters. The van der Waals surface area contributed by atoms with Crippen LogP contribution >= 0.6 is 0 Å². The number of aliphatic carboxylic acids is 1. The van der Waals surface area contributed by atoms with Gasteiger partial charge in [-0.2, -0.15) is 0 Å². The van der Waals surface area contributed by atoms with Crippen molar-refractivity contribution < 1.29 is 14.7 Å². The molecule has 5 nitrogen and oxygen atoms in total. The van der Waals surface area contributed by atoms with E-state index in [1.165, 1.54) is 12.3 Å². The first-order valence-electron chi connectivity index (χ1n) is 3.56. The predicted octanol–water partition coefficient (Wildman–Crippen LogP) is -0.324. The van der Waals surface area contributed by atoms with Gasteiger partial charge in [0.05, 0.1) is 0 Å². The summed E-state index contributed by atoms with van der Waals surface area (Å²) in [5, 5.41) is 8.44. The minimum absolute atomic E-state index is 0.0670. The highest BCUT2D eigenvalue weighted by Crippen LogP contribution is 1.97. The molecule has 0 fully saturated rings. The maximum atomic E-state index is 11.2. The summed E-state index contributed by atoms with van der Waals surface area (Å²) in [6, 6.07) is 3.11. The molecule has 0 saturated carbocycles. The number of rotatable bonds is 3.